The molecule has 3 heterocycles. The van der Waals surface area contributed by atoms with Crippen molar-refractivity contribution in [1.82, 2.24) is 30.3 Å². The minimum atomic E-state index is -0.488. The van der Waals surface area contributed by atoms with Crippen LogP contribution in [0.5, 0.6) is 0 Å². The molecule has 33 heavy (non-hydrogen) atoms. The number of aromatic nitrogens is 5. The molecule has 0 bridgehead atoms. The first-order valence-electron chi connectivity index (χ1n) is 11.3. The van der Waals surface area contributed by atoms with E-state index in [2.05, 4.69) is 44.8 Å². The van der Waals surface area contributed by atoms with E-state index >= 15 is 0 Å². The molecule has 0 spiro atoms. The number of hydroxylamine groups is 2. The van der Waals surface area contributed by atoms with Crippen LogP contribution in [0.4, 0.5) is 0 Å². The molecule has 1 fully saturated rings. The van der Waals surface area contributed by atoms with Crippen molar-refractivity contribution < 1.29 is 9.63 Å². The molecular weight excluding hydrogens is 416 g/mol. The number of nitrogens with one attached hydrogen (secondary N) is 1. The van der Waals surface area contributed by atoms with Crippen molar-refractivity contribution in [1.29, 1.82) is 0 Å². The Balaban J connectivity index is 1.24. The lowest BCUT2D eigenvalue weighted by molar-refractivity contribution is -0.204. The van der Waals surface area contributed by atoms with E-state index in [1.165, 1.54) is 5.56 Å². The minimum Gasteiger partial charge on any atom is -0.367 e. The third kappa shape index (κ3) is 4.39. The molecule has 1 N–H and O–H groups in total. The molecule has 8 heteroatoms. The Morgan fingerprint density at radius 2 is 1.79 bits per heavy atom. The summed E-state index contributed by atoms with van der Waals surface area (Å²) in [6.07, 6.45) is 3.81. The molecule has 0 aliphatic carbocycles. The Morgan fingerprint density at radius 3 is 2.52 bits per heavy atom. The van der Waals surface area contributed by atoms with Crippen molar-refractivity contribution in [2.45, 2.75) is 39.5 Å². The van der Waals surface area contributed by atoms with Gasteiger partial charge in [-0.1, -0.05) is 35.5 Å². The molecule has 0 unspecified atom stereocenters. The van der Waals surface area contributed by atoms with Crippen molar-refractivity contribution in [2.24, 2.45) is 5.41 Å². The molecule has 0 atom stereocenters. The van der Waals surface area contributed by atoms with E-state index in [1.807, 2.05) is 51.2 Å². The van der Waals surface area contributed by atoms with Gasteiger partial charge < -0.3 is 4.84 Å². The molecule has 2 aromatic heterocycles. The van der Waals surface area contributed by atoms with Gasteiger partial charge in [0, 0.05) is 18.5 Å². The maximum atomic E-state index is 12.1. The number of rotatable bonds is 4. The Labute approximate surface area is 192 Å². The Morgan fingerprint density at radius 1 is 1.06 bits per heavy atom. The van der Waals surface area contributed by atoms with Crippen LogP contribution in [0.15, 0.2) is 54.7 Å². The van der Waals surface area contributed by atoms with Crippen LogP contribution < -0.4 is 0 Å². The minimum absolute atomic E-state index is 0.180. The molecule has 4 aromatic rings. The smallest absolute Gasteiger partial charge is 0.330 e. The molecule has 2 aromatic carbocycles. The highest BCUT2D eigenvalue weighted by atomic mass is 16.7. The van der Waals surface area contributed by atoms with Crippen LogP contribution in [-0.2, 0) is 9.63 Å². The summed E-state index contributed by atoms with van der Waals surface area (Å²) in [7, 11) is 0. The van der Waals surface area contributed by atoms with E-state index in [1.54, 1.807) is 9.75 Å². The molecule has 1 saturated heterocycles. The highest BCUT2D eigenvalue weighted by Crippen LogP contribution is 2.30. The average Bonchev–Trinajstić information content (AvgIpc) is 3.46. The zero-order valence-corrected chi connectivity index (χ0v) is 19.2. The summed E-state index contributed by atoms with van der Waals surface area (Å²) in [5.74, 6) is 0.269. The third-order valence-electron chi connectivity index (χ3n) is 6.11. The second-order valence-corrected chi connectivity index (χ2v) is 9.59. The van der Waals surface area contributed by atoms with Gasteiger partial charge >= 0.3 is 5.97 Å². The van der Waals surface area contributed by atoms with Crippen molar-refractivity contribution in [2.75, 3.05) is 13.1 Å². The lowest BCUT2D eigenvalue weighted by Crippen LogP contribution is -2.38. The van der Waals surface area contributed by atoms with Gasteiger partial charge in [-0.3, -0.25) is 5.10 Å². The summed E-state index contributed by atoms with van der Waals surface area (Å²) >= 11 is 0. The summed E-state index contributed by atoms with van der Waals surface area (Å²) in [5, 5.41) is 18.9. The van der Waals surface area contributed by atoms with E-state index in [0.29, 0.717) is 5.92 Å². The molecular formula is C25H28N6O2. The maximum absolute atomic E-state index is 12.1. The van der Waals surface area contributed by atoms with E-state index in [-0.39, 0.29) is 5.97 Å². The molecule has 1 aliphatic rings. The topological polar surface area (TPSA) is 88.9 Å². The van der Waals surface area contributed by atoms with E-state index in [0.717, 1.165) is 53.9 Å². The van der Waals surface area contributed by atoms with Gasteiger partial charge in [-0.15, -0.1) is 10.2 Å². The van der Waals surface area contributed by atoms with Gasteiger partial charge in [-0.2, -0.15) is 5.10 Å². The molecule has 8 nitrogen and oxygen atoms in total. The summed E-state index contributed by atoms with van der Waals surface area (Å²) in [4.78, 5) is 17.7. The first-order chi connectivity index (χ1) is 15.9. The van der Waals surface area contributed by atoms with Crippen molar-refractivity contribution in [3.8, 4) is 17.1 Å². The quantitative estimate of drug-likeness (QED) is 0.499. The zero-order chi connectivity index (χ0) is 23.0. The summed E-state index contributed by atoms with van der Waals surface area (Å²) in [5.41, 5.74) is 4.26. The fourth-order valence-corrected chi connectivity index (χ4v) is 4.09. The average molecular weight is 445 g/mol. The zero-order valence-electron chi connectivity index (χ0n) is 19.2. The monoisotopic (exact) mass is 444 g/mol. The first-order valence-corrected chi connectivity index (χ1v) is 11.3. The summed E-state index contributed by atoms with van der Waals surface area (Å²) < 4.78 is 1.77. The number of piperidine rings is 1. The maximum Gasteiger partial charge on any atom is 0.330 e. The number of H-pyrrole nitrogens is 1. The Hall–Kier alpha value is -3.52. The molecule has 0 radical (unpaired) electrons. The van der Waals surface area contributed by atoms with E-state index < -0.39 is 5.41 Å². The van der Waals surface area contributed by atoms with Crippen LogP contribution >= 0.6 is 0 Å². The summed E-state index contributed by atoms with van der Waals surface area (Å²) in [6.45, 7) is 7.12. The standard InChI is InChI=1S/C25H28N6O2/c1-25(2,3)24(32)33-30-14-12-18(13-15-30)17-8-10-19(11-9-17)31-16-22(27-29-31)23-20-6-4-5-7-21(20)26-28-23/h4-11,16,18H,12-15H2,1-3H3,(H,26,28). The van der Waals surface area contributed by atoms with Crippen LogP contribution in [0.3, 0.4) is 0 Å². The van der Waals surface area contributed by atoms with E-state index in [9.17, 15) is 4.79 Å². The highest BCUT2D eigenvalue weighted by molar-refractivity contribution is 5.91. The van der Waals surface area contributed by atoms with Crippen molar-refractivity contribution >= 4 is 16.9 Å². The van der Waals surface area contributed by atoms with E-state index in [4.69, 9.17) is 4.84 Å². The van der Waals surface area contributed by atoms with Gasteiger partial charge in [0.15, 0.2) is 0 Å². The van der Waals surface area contributed by atoms with Crippen LogP contribution in [0, 0.1) is 5.41 Å². The van der Waals surface area contributed by atoms with Gasteiger partial charge in [0.05, 0.1) is 22.8 Å². The lowest BCUT2D eigenvalue weighted by atomic mass is 9.90. The predicted octanol–water partition coefficient (Wildman–Crippen LogP) is 4.49. The Kier molecular flexibility index (Phi) is 5.46. The molecule has 0 saturated carbocycles. The predicted molar refractivity (Wildman–Crippen MR) is 126 cm³/mol. The Bertz CT molecular complexity index is 1260. The molecule has 0 amide bonds. The fraction of sp³-hybridized carbons (Fsp3) is 0.360. The fourth-order valence-electron chi connectivity index (χ4n) is 4.09. The van der Waals surface area contributed by atoms with Gasteiger partial charge in [0.1, 0.15) is 11.4 Å². The number of para-hydroxylation sites is 1. The van der Waals surface area contributed by atoms with Crippen LogP contribution in [0.2, 0.25) is 0 Å². The number of hydrogen-bond donors (Lipinski definition) is 1. The number of carbonyl (C=O) groups excluding carboxylic acids is 1. The van der Waals surface area contributed by atoms with Gasteiger partial charge in [-0.05, 0) is 63.3 Å². The number of fused-ring (bicyclic) bond motifs is 1. The largest absolute Gasteiger partial charge is 0.367 e. The van der Waals surface area contributed by atoms with Crippen molar-refractivity contribution in [3.63, 3.8) is 0 Å². The second kappa shape index (κ2) is 8.44. The SMILES string of the molecule is CC(C)(C)C(=O)ON1CCC(c2ccc(-n3cc(-c4n[nH]c5ccccc45)nn3)cc2)CC1. The highest BCUT2D eigenvalue weighted by Gasteiger charge is 2.28. The lowest BCUT2D eigenvalue weighted by Gasteiger charge is -2.32. The van der Waals surface area contributed by atoms with Gasteiger partial charge in [0.25, 0.3) is 0 Å². The third-order valence-corrected chi connectivity index (χ3v) is 6.11. The van der Waals surface area contributed by atoms with Gasteiger partial charge in [0.2, 0.25) is 0 Å². The number of nitrogens with zero attached hydrogens (tertiary/aromatic N) is 5. The molecule has 170 valence electrons. The second-order valence-electron chi connectivity index (χ2n) is 9.59. The number of hydrogen-bond acceptors (Lipinski definition) is 6. The van der Waals surface area contributed by atoms with Crippen LogP contribution in [0.1, 0.15) is 45.1 Å². The normalized spacial score (nSPS) is 15.7. The van der Waals surface area contributed by atoms with Crippen LogP contribution in [0.25, 0.3) is 28.0 Å². The molecule has 5 rings (SSSR count). The van der Waals surface area contributed by atoms with Crippen LogP contribution in [-0.4, -0.2) is 49.3 Å². The number of aromatic amines is 1. The summed E-state index contributed by atoms with van der Waals surface area (Å²) in [6, 6.07) is 16.4. The molecule has 1 aliphatic heterocycles. The van der Waals surface area contributed by atoms with Gasteiger partial charge in [-0.25, -0.2) is 9.48 Å². The first kappa shape index (κ1) is 21.3. The number of carbonyl (C=O) groups is 1. The van der Waals surface area contributed by atoms with Crippen molar-refractivity contribution in [3.05, 3.63) is 60.3 Å². The number of benzene rings is 2.